The monoisotopic (exact) mass is 275 g/mol. The van der Waals surface area contributed by atoms with Crippen LogP contribution in [0.4, 0.5) is 8.78 Å². The van der Waals surface area contributed by atoms with Gasteiger partial charge in [-0.25, -0.2) is 8.78 Å². The first-order valence-corrected chi connectivity index (χ1v) is 6.68. The van der Waals surface area contributed by atoms with Crippen molar-refractivity contribution in [3.8, 4) is 0 Å². The van der Waals surface area contributed by atoms with Gasteiger partial charge in [0, 0.05) is 30.7 Å². The molecule has 0 saturated carbocycles. The normalized spacial score (nSPS) is 19.4. The van der Waals surface area contributed by atoms with Crippen molar-refractivity contribution in [2.24, 2.45) is 0 Å². The van der Waals surface area contributed by atoms with Crippen molar-refractivity contribution in [3.63, 3.8) is 0 Å². The molecule has 0 spiro atoms. The Morgan fingerprint density at radius 1 is 1.25 bits per heavy atom. The number of hydrogen-bond acceptors (Lipinski definition) is 3. The average Bonchev–Trinajstić information content (AvgIpc) is 2.93. The Hall–Kier alpha value is -1.88. The van der Waals surface area contributed by atoms with Crippen molar-refractivity contribution < 1.29 is 8.78 Å². The molecule has 5 heteroatoms. The summed E-state index contributed by atoms with van der Waals surface area (Å²) >= 11 is 0. The molecule has 1 aliphatic heterocycles. The van der Waals surface area contributed by atoms with E-state index in [9.17, 15) is 8.78 Å². The summed E-state index contributed by atoms with van der Waals surface area (Å²) in [6, 6.07) is 4.44. The topological polar surface area (TPSA) is 29.0 Å². The minimum Gasteiger partial charge on any atom is -0.290 e. The van der Waals surface area contributed by atoms with Crippen LogP contribution in [0.1, 0.15) is 30.1 Å². The van der Waals surface area contributed by atoms with Crippen LogP contribution in [0.15, 0.2) is 36.8 Å². The molecule has 1 fully saturated rings. The molecule has 1 aromatic heterocycles. The van der Waals surface area contributed by atoms with Gasteiger partial charge in [0.2, 0.25) is 0 Å². The van der Waals surface area contributed by atoms with Crippen LogP contribution in [0.3, 0.4) is 0 Å². The fraction of sp³-hybridized carbons (Fsp3) is 0.333. The first-order chi connectivity index (χ1) is 9.75. The maximum absolute atomic E-state index is 13.8. The van der Waals surface area contributed by atoms with Gasteiger partial charge >= 0.3 is 0 Å². The van der Waals surface area contributed by atoms with E-state index in [0.29, 0.717) is 12.1 Å². The second-order valence-corrected chi connectivity index (χ2v) is 4.97. The van der Waals surface area contributed by atoms with Crippen LogP contribution in [0, 0.1) is 11.6 Å². The van der Waals surface area contributed by atoms with Crippen LogP contribution in [0.5, 0.6) is 0 Å². The molecule has 3 rings (SSSR count). The lowest BCUT2D eigenvalue weighted by Gasteiger charge is -2.24. The molecule has 104 valence electrons. The van der Waals surface area contributed by atoms with Crippen LogP contribution < -0.4 is 0 Å². The molecule has 3 nitrogen and oxygen atoms in total. The van der Waals surface area contributed by atoms with Crippen molar-refractivity contribution >= 4 is 0 Å². The summed E-state index contributed by atoms with van der Waals surface area (Å²) in [4.78, 5) is 10.5. The van der Waals surface area contributed by atoms with E-state index < -0.39 is 11.6 Å². The van der Waals surface area contributed by atoms with Crippen LogP contribution in [0.25, 0.3) is 0 Å². The third kappa shape index (κ3) is 2.54. The third-order valence-corrected chi connectivity index (χ3v) is 3.69. The first-order valence-electron chi connectivity index (χ1n) is 6.68. The Bertz CT molecular complexity index is 589. The lowest BCUT2D eigenvalue weighted by Crippen LogP contribution is -2.24. The van der Waals surface area contributed by atoms with E-state index in [0.717, 1.165) is 31.1 Å². The molecule has 0 radical (unpaired) electrons. The smallest absolute Gasteiger partial charge is 0.163 e. The molecule has 0 amide bonds. The summed E-state index contributed by atoms with van der Waals surface area (Å²) < 4.78 is 27.0. The maximum Gasteiger partial charge on any atom is 0.163 e. The summed E-state index contributed by atoms with van der Waals surface area (Å²) in [5, 5.41) is 0. The van der Waals surface area contributed by atoms with Gasteiger partial charge in [0.1, 0.15) is 0 Å². The van der Waals surface area contributed by atoms with E-state index in [1.807, 2.05) is 0 Å². The summed E-state index contributed by atoms with van der Waals surface area (Å²) in [5.74, 6) is -1.55. The lowest BCUT2D eigenvalue weighted by atomic mass is 10.1. The Balaban J connectivity index is 1.81. The molecule has 2 heterocycles. The van der Waals surface area contributed by atoms with Gasteiger partial charge in [0.05, 0.1) is 11.7 Å². The predicted octanol–water partition coefficient (Wildman–Crippen LogP) is 3.09. The van der Waals surface area contributed by atoms with Gasteiger partial charge in [-0.3, -0.25) is 14.9 Å². The zero-order valence-corrected chi connectivity index (χ0v) is 11.0. The fourth-order valence-corrected chi connectivity index (χ4v) is 2.72. The van der Waals surface area contributed by atoms with Crippen molar-refractivity contribution in [2.75, 3.05) is 6.54 Å². The molecule has 1 aromatic carbocycles. The molecular formula is C15H15F2N3. The number of nitrogens with zero attached hydrogens (tertiary/aromatic N) is 3. The number of hydrogen-bond donors (Lipinski definition) is 0. The van der Waals surface area contributed by atoms with Gasteiger partial charge in [-0.1, -0.05) is 12.1 Å². The van der Waals surface area contributed by atoms with Crippen LogP contribution in [-0.2, 0) is 6.54 Å². The number of likely N-dealkylation sites (tertiary alicyclic amines) is 1. The molecule has 2 aromatic rings. The van der Waals surface area contributed by atoms with Crippen molar-refractivity contribution in [3.05, 3.63) is 59.7 Å². The van der Waals surface area contributed by atoms with Crippen LogP contribution in [0.2, 0.25) is 0 Å². The van der Waals surface area contributed by atoms with Gasteiger partial charge in [-0.05, 0) is 25.5 Å². The highest BCUT2D eigenvalue weighted by molar-refractivity contribution is 5.19. The van der Waals surface area contributed by atoms with E-state index in [4.69, 9.17) is 0 Å². The second kappa shape index (κ2) is 5.63. The zero-order valence-electron chi connectivity index (χ0n) is 11.0. The van der Waals surface area contributed by atoms with E-state index in [-0.39, 0.29) is 6.04 Å². The Morgan fingerprint density at radius 3 is 2.95 bits per heavy atom. The molecule has 0 aliphatic carbocycles. The average molecular weight is 275 g/mol. The van der Waals surface area contributed by atoms with Crippen molar-refractivity contribution in [1.29, 1.82) is 0 Å². The number of halogens is 2. The Kier molecular flexibility index (Phi) is 3.69. The Morgan fingerprint density at radius 2 is 2.15 bits per heavy atom. The summed E-state index contributed by atoms with van der Waals surface area (Å²) in [7, 11) is 0. The quantitative estimate of drug-likeness (QED) is 0.862. The molecule has 20 heavy (non-hydrogen) atoms. The number of benzene rings is 1. The van der Waals surface area contributed by atoms with E-state index in [1.165, 1.54) is 0 Å². The highest BCUT2D eigenvalue weighted by Gasteiger charge is 2.28. The fourth-order valence-electron chi connectivity index (χ4n) is 2.72. The second-order valence-electron chi connectivity index (χ2n) is 4.97. The first kappa shape index (κ1) is 13.1. The highest BCUT2D eigenvalue weighted by Crippen LogP contribution is 2.32. The van der Waals surface area contributed by atoms with Gasteiger partial charge in [-0.15, -0.1) is 0 Å². The largest absolute Gasteiger partial charge is 0.290 e. The number of aromatic nitrogens is 2. The van der Waals surface area contributed by atoms with Crippen molar-refractivity contribution in [2.45, 2.75) is 25.4 Å². The molecule has 1 atom stereocenters. The van der Waals surface area contributed by atoms with Gasteiger partial charge < -0.3 is 0 Å². The van der Waals surface area contributed by atoms with Crippen LogP contribution in [-0.4, -0.2) is 21.4 Å². The van der Waals surface area contributed by atoms with Gasteiger partial charge in [0.25, 0.3) is 0 Å². The number of rotatable bonds is 3. The van der Waals surface area contributed by atoms with Crippen molar-refractivity contribution in [1.82, 2.24) is 14.9 Å². The highest BCUT2D eigenvalue weighted by atomic mass is 19.2. The van der Waals surface area contributed by atoms with E-state index in [2.05, 4.69) is 14.9 Å². The summed E-state index contributed by atoms with van der Waals surface area (Å²) in [6.07, 6.45) is 7.03. The van der Waals surface area contributed by atoms with Gasteiger partial charge in [0.15, 0.2) is 11.6 Å². The summed E-state index contributed by atoms with van der Waals surface area (Å²) in [5.41, 5.74) is 1.28. The van der Waals surface area contributed by atoms with E-state index >= 15 is 0 Å². The third-order valence-electron chi connectivity index (χ3n) is 3.69. The van der Waals surface area contributed by atoms with E-state index in [1.54, 1.807) is 30.7 Å². The minimum atomic E-state index is -0.794. The lowest BCUT2D eigenvalue weighted by molar-refractivity contribution is 0.239. The summed E-state index contributed by atoms with van der Waals surface area (Å²) in [6.45, 7) is 1.25. The molecule has 0 N–H and O–H groups in total. The van der Waals surface area contributed by atoms with Crippen LogP contribution >= 0.6 is 0 Å². The zero-order chi connectivity index (χ0) is 13.9. The van der Waals surface area contributed by atoms with Gasteiger partial charge in [-0.2, -0.15) is 0 Å². The molecule has 0 bridgehead atoms. The molecule has 1 aliphatic rings. The predicted molar refractivity (Wildman–Crippen MR) is 70.8 cm³/mol. The molecular weight excluding hydrogens is 260 g/mol. The molecule has 0 unspecified atom stereocenters. The minimum absolute atomic E-state index is 0.131. The maximum atomic E-state index is 13.8. The SMILES string of the molecule is Fc1cccc(CN2CCC[C@H]2c2cnccn2)c1F. The Labute approximate surface area is 116 Å². The standard InChI is InChI=1S/C15H15F2N3/c16-12-4-1-3-11(15(12)17)10-20-8-2-5-14(20)13-9-18-6-7-19-13/h1,3-4,6-7,9,14H,2,5,8,10H2/t14-/m0/s1. The molecule has 1 saturated heterocycles.